The second-order valence-corrected chi connectivity index (χ2v) is 10.4. The van der Waals surface area contributed by atoms with E-state index in [2.05, 4.69) is 15.0 Å². The summed E-state index contributed by atoms with van der Waals surface area (Å²) in [4.78, 5) is -0.678. The molecule has 0 radical (unpaired) electrons. The summed E-state index contributed by atoms with van der Waals surface area (Å²) in [6, 6.07) is 19.5. The van der Waals surface area contributed by atoms with E-state index in [1.54, 1.807) is 49.4 Å². The van der Waals surface area contributed by atoms with E-state index in [-0.39, 0.29) is 56.6 Å². The molecule has 2 N–H and O–H groups in total. The van der Waals surface area contributed by atoms with Crippen LogP contribution in [0.5, 0.6) is 5.75 Å². The van der Waals surface area contributed by atoms with Gasteiger partial charge >= 0.3 is 29.6 Å². The van der Waals surface area contributed by atoms with Crippen LogP contribution in [0.15, 0.2) is 98.9 Å². The number of hydrogen-bond acceptors (Lipinski definition) is 7. The molecule has 0 aromatic heterocycles. The van der Waals surface area contributed by atoms with Gasteiger partial charge in [0.05, 0.1) is 5.69 Å². The van der Waals surface area contributed by atoms with Crippen molar-refractivity contribution in [3.8, 4) is 5.75 Å². The van der Waals surface area contributed by atoms with Crippen molar-refractivity contribution >= 4 is 48.0 Å². The van der Waals surface area contributed by atoms with Crippen LogP contribution in [0.4, 0.5) is 17.1 Å². The Kier molecular flexibility index (Phi) is 8.00. The maximum Gasteiger partial charge on any atom is 1.00 e. The van der Waals surface area contributed by atoms with Gasteiger partial charge in [-0.05, 0) is 48.2 Å². The predicted molar refractivity (Wildman–Crippen MR) is 126 cm³/mol. The molecule has 0 heterocycles. The second kappa shape index (κ2) is 10.4. The molecular weight excluding hydrogens is 501 g/mol. The molecule has 0 amide bonds. The van der Waals surface area contributed by atoms with Crippen molar-refractivity contribution in [1.29, 1.82) is 0 Å². The summed E-state index contributed by atoms with van der Waals surface area (Å²) in [5, 5.41) is 20.7. The summed E-state index contributed by atoms with van der Waals surface area (Å²) < 4.78 is 61.9. The zero-order chi connectivity index (χ0) is 24.5. The monoisotopic (exact) mass is 519 g/mol. The molecule has 9 nitrogen and oxygen atoms in total. The van der Waals surface area contributed by atoms with Crippen LogP contribution in [0, 0.1) is 6.92 Å². The van der Waals surface area contributed by atoms with E-state index in [0.717, 1.165) is 6.07 Å². The quantitative estimate of drug-likeness (QED) is 0.225. The maximum absolute atomic E-state index is 13.0. The molecule has 0 atom stereocenters. The fourth-order valence-electron chi connectivity index (χ4n) is 3.33. The van der Waals surface area contributed by atoms with Crippen LogP contribution in [-0.4, -0.2) is 21.4 Å². The zero-order valence-corrected chi connectivity index (χ0v) is 22.3. The van der Waals surface area contributed by atoms with Crippen LogP contribution >= 0.6 is 0 Å². The number of rotatable bonds is 6. The van der Waals surface area contributed by atoms with Crippen LogP contribution in [0.25, 0.3) is 10.8 Å². The fourth-order valence-corrected chi connectivity index (χ4v) is 5.33. The second-order valence-electron chi connectivity index (χ2n) is 7.39. The van der Waals surface area contributed by atoms with Gasteiger partial charge in [0.2, 0.25) is 0 Å². The maximum atomic E-state index is 13.0. The standard InChI is InChI=1S/C23H19N3O6S2.Na/c1-15-11-12-19(22(13-15)33(28,29)26-16-7-3-2-4-8-16)24-25-20-14-21(34(30,31)32)17-9-5-6-10-18(17)23(20)27;/h2-14,26-27H,1H3,(H,30,31,32);/q;+1/p-1. The van der Waals surface area contributed by atoms with Crippen molar-refractivity contribution in [3.63, 3.8) is 0 Å². The zero-order valence-electron chi connectivity index (χ0n) is 18.7. The first-order chi connectivity index (χ1) is 16.1. The Morgan fingerprint density at radius 2 is 1.37 bits per heavy atom. The minimum absolute atomic E-state index is 0. The number of sulfonamides is 1. The topological polar surface area (TPSA) is 148 Å². The number of hydrogen-bond donors (Lipinski definition) is 2. The van der Waals surface area contributed by atoms with Gasteiger partial charge in [0.15, 0.2) is 0 Å². The number of aryl methyl sites for hydroxylation is 1. The van der Waals surface area contributed by atoms with Gasteiger partial charge in [-0.2, -0.15) is 13.5 Å². The molecule has 0 aliphatic heterocycles. The average molecular weight is 520 g/mol. The third-order valence-corrected chi connectivity index (χ3v) is 7.22. The number of para-hydroxylation sites is 1. The largest absolute Gasteiger partial charge is 1.00 e. The number of azo groups is 1. The van der Waals surface area contributed by atoms with E-state index >= 15 is 0 Å². The van der Waals surface area contributed by atoms with Gasteiger partial charge in [-0.1, -0.05) is 54.3 Å². The molecule has 174 valence electrons. The van der Waals surface area contributed by atoms with E-state index in [1.807, 2.05) is 0 Å². The molecule has 35 heavy (non-hydrogen) atoms. The third-order valence-electron chi connectivity index (χ3n) is 4.91. The molecule has 0 aliphatic rings. The minimum Gasteiger partial charge on any atom is -0.871 e. The van der Waals surface area contributed by atoms with Gasteiger partial charge < -0.3 is 5.11 Å². The van der Waals surface area contributed by atoms with Crippen LogP contribution in [0.3, 0.4) is 0 Å². The molecule has 4 aromatic carbocycles. The molecule has 0 bridgehead atoms. The van der Waals surface area contributed by atoms with E-state index in [0.29, 0.717) is 11.3 Å². The number of fused-ring (bicyclic) bond motifs is 1. The van der Waals surface area contributed by atoms with Crippen molar-refractivity contribution in [2.75, 3.05) is 4.72 Å². The SMILES string of the molecule is Cc1ccc(N=Nc2cc(S(=O)(=O)O)c3ccccc3c2[O-])c(S(=O)(=O)Nc2ccccc2)c1.[Na+]. The van der Waals surface area contributed by atoms with Crippen molar-refractivity contribution < 1.29 is 56.1 Å². The van der Waals surface area contributed by atoms with Gasteiger partial charge in [-0.3, -0.25) is 9.27 Å². The predicted octanol–water partition coefficient (Wildman–Crippen LogP) is 1.69. The summed E-state index contributed by atoms with van der Waals surface area (Å²) in [7, 11) is -8.73. The van der Waals surface area contributed by atoms with E-state index in [1.165, 1.54) is 30.3 Å². The van der Waals surface area contributed by atoms with E-state index in [9.17, 15) is 26.5 Å². The number of benzene rings is 4. The van der Waals surface area contributed by atoms with Gasteiger partial charge in [0, 0.05) is 11.1 Å². The number of nitrogens with one attached hydrogen (secondary N) is 1. The van der Waals surface area contributed by atoms with Crippen LogP contribution in [-0.2, 0) is 20.1 Å². The Morgan fingerprint density at radius 1 is 0.771 bits per heavy atom. The van der Waals surface area contributed by atoms with Crippen molar-refractivity contribution in [3.05, 3.63) is 84.4 Å². The number of anilines is 1. The Labute approximate surface area is 224 Å². The average Bonchev–Trinajstić information content (AvgIpc) is 2.79. The Hall–Kier alpha value is -2.80. The van der Waals surface area contributed by atoms with Gasteiger partial charge in [-0.25, -0.2) is 8.42 Å². The summed E-state index contributed by atoms with van der Waals surface area (Å²) >= 11 is 0. The van der Waals surface area contributed by atoms with Crippen molar-refractivity contribution in [2.45, 2.75) is 16.7 Å². The van der Waals surface area contributed by atoms with Crippen LogP contribution in [0.2, 0.25) is 0 Å². The molecule has 0 fully saturated rings. The third kappa shape index (κ3) is 5.89. The van der Waals surface area contributed by atoms with Crippen molar-refractivity contribution in [2.24, 2.45) is 10.2 Å². The summed E-state index contributed by atoms with van der Waals surface area (Å²) in [6.07, 6.45) is 0. The van der Waals surface area contributed by atoms with E-state index < -0.39 is 30.8 Å². The molecule has 0 saturated heterocycles. The first kappa shape index (κ1) is 26.8. The Balaban J connectivity index is 0.00000342. The first-order valence-electron chi connectivity index (χ1n) is 9.87. The summed E-state index contributed by atoms with van der Waals surface area (Å²) in [5.74, 6) is -0.620. The fraction of sp³-hybridized carbons (Fsp3) is 0.0435. The molecule has 4 rings (SSSR count). The van der Waals surface area contributed by atoms with Crippen LogP contribution < -0.4 is 39.4 Å². The molecule has 0 spiro atoms. The number of nitrogens with zero attached hydrogens (tertiary/aromatic N) is 2. The molecule has 12 heteroatoms. The normalized spacial score (nSPS) is 11.9. The van der Waals surface area contributed by atoms with Gasteiger partial charge in [-0.15, -0.1) is 5.11 Å². The first-order valence-corrected chi connectivity index (χ1v) is 12.8. The van der Waals surface area contributed by atoms with Crippen LogP contribution in [0.1, 0.15) is 5.56 Å². The summed E-state index contributed by atoms with van der Waals surface area (Å²) in [6.45, 7) is 1.71. The molecule has 0 aliphatic carbocycles. The van der Waals surface area contributed by atoms with Gasteiger partial charge in [0.25, 0.3) is 20.1 Å². The van der Waals surface area contributed by atoms with E-state index in [4.69, 9.17) is 0 Å². The van der Waals surface area contributed by atoms with Gasteiger partial charge in [0.1, 0.15) is 15.5 Å². The molecule has 0 saturated carbocycles. The molecule has 0 unspecified atom stereocenters. The van der Waals surface area contributed by atoms with Crippen molar-refractivity contribution in [1.82, 2.24) is 0 Å². The summed E-state index contributed by atoms with van der Waals surface area (Å²) in [5.41, 5.74) is 0.568. The smallest absolute Gasteiger partial charge is 0.871 e. The molecular formula is C23H18N3NaO6S2. The minimum atomic E-state index is -4.67. The Morgan fingerprint density at radius 3 is 2.03 bits per heavy atom. The molecule has 4 aromatic rings. The Bertz CT molecular complexity index is 1640.